The van der Waals surface area contributed by atoms with Gasteiger partial charge in [0.1, 0.15) is 0 Å². The largest absolute Gasteiger partial charge is 0.504 e. The van der Waals surface area contributed by atoms with E-state index in [1.54, 1.807) is 17.4 Å². The number of rotatable bonds is 4. The monoisotopic (exact) mass is 274 g/mol. The first kappa shape index (κ1) is 13.4. The molecule has 2 aromatic rings. The summed E-state index contributed by atoms with van der Waals surface area (Å²) in [5, 5.41) is 11.5. The fourth-order valence-corrected chi connectivity index (χ4v) is 2.45. The number of ketones is 1. The molecule has 0 unspecified atom stereocenters. The Kier molecular flexibility index (Phi) is 4.02. The van der Waals surface area contributed by atoms with Crippen LogP contribution >= 0.6 is 11.3 Å². The van der Waals surface area contributed by atoms with Crippen molar-refractivity contribution in [3.8, 4) is 11.5 Å². The predicted octanol–water partition coefficient (Wildman–Crippen LogP) is 3.67. The van der Waals surface area contributed by atoms with E-state index in [9.17, 15) is 9.90 Å². The molecular weight excluding hydrogens is 260 g/mol. The van der Waals surface area contributed by atoms with Crippen LogP contribution in [-0.2, 0) is 0 Å². The quantitative estimate of drug-likeness (QED) is 0.683. The topological polar surface area (TPSA) is 46.5 Å². The fraction of sp³-hybridized carbons (Fsp3) is 0.133. The van der Waals surface area contributed by atoms with Gasteiger partial charge >= 0.3 is 0 Å². The summed E-state index contributed by atoms with van der Waals surface area (Å²) in [5.74, 6) is 0.204. The van der Waals surface area contributed by atoms with E-state index in [1.807, 2.05) is 24.4 Å². The van der Waals surface area contributed by atoms with Crippen LogP contribution in [0.25, 0.3) is 6.08 Å². The van der Waals surface area contributed by atoms with Crippen LogP contribution in [0.4, 0.5) is 0 Å². The lowest BCUT2D eigenvalue weighted by molar-refractivity contribution is 0.104. The maximum absolute atomic E-state index is 12.0. The van der Waals surface area contributed by atoms with Gasteiger partial charge in [0.25, 0.3) is 0 Å². The third-order valence-electron chi connectivity index (χ3n) is 2.75. The number of aryl methyl sites for hydroxylation is 1. The molecule has 0 aliphatic heterocycles. The number of hydrogen-bond donors (Lipinski definition) is 1. The minimum atomic E-state index is -0.119. The first-order chi connectivity index (χ1) is 9.11. The summed E-state index contributed by atoms with van der Waals surface area (Å²) in [6, 6.07) is 6.57. The molecule has 0 saturated carbocycles. The number of aromatic hydroxyl groups is 1. The van der Waals surface area contributed by atoms with Crippen molar-refractivity contribution in [3.63, 3.8) is 0 Å². The molecule has 0 aliphatic rings. The molecule has 0 spiro atoms. The average Bonchev–Trinajstić information content (AvgIpc) is 2.82. The van der Waals surface area contributed by atoms with Crippen LogP contribution in [0.3, 0.4) is 0 Å². The smallest absolute Gasteiger partial charge is 0.186 e. The van der Waals surface area contributed by atoms with E-state index in [0.29, 0.717) is 11.3 Å². The van der Waals surface area contributed by atoms with Gasteiger partial charge in [0.05, 0.1) is 7.11 Å². The fourth-order valence-electron chi connectivity index (χ4n) is 1.63. The van der Waals surface area contributed by atoms with Gasteiger partial charge in [0.2, 0.25) is 0 Å². The second-order valence-electron chi connectivity index (χ2n) is 4.05. The number of phenolic OH excluding ortho intramolecular Hbond substituents is 1. The third-order valence-corrected chi connectivity index (χ3v) is 3.74. The Morgan fingerprint density at radius 3 is 2.79 bits per heavy atom. The van der Waals surface area contributed by atoms with Crippen molar-refractivity contribution in [2.45, 2.75) is 6.92 Å². The van der Waals surface area contributed by atoms with Crippen LogP contribution < -0.4 is 4.74 Å². The molecule has 3 nitrogen and oxygen atoms in total. The van der Waals surface area contributed by atoms with Crippen LogP contribution in [0.15, 0.2) is 35.7 Å². The predicted molar refractivity (Wildman–Crippen MR) is 77.1 cm³/mol. The lowest BCUT2D eigenvalue weighted by atomic mass is 10.1. The molecule has 0 radical (unpaired) electrons. The van der Waals surface area contributed by atoms with Gasteiger partial charge < -0.3 is 9.84 Å². The van der Waals surface area contributed by atoms with Crippen molar-refractivity contribution < 1.29 is 14.6 Å². The van der Waals surface area contributed by atoms with Crippen LogP contribution in [0.2, 0.25) is 0 Å². The van der Waals surface area contributed by atoms with Crippen molar-refractivity contribution in [1.29, 1.82) is 0 Å². The Balaban J connectivity index is 2.21. The number of carbonyl (C=O) groups is 1. The Morgan fingerprint density at radius 1 is 1.37 bits per heavy atom. The summed E-state index contributed by atoms with van der Waals surface area (Å²) < 4.78 is 4.98. The number of methoxy groups -OCH3 is 1. The van der Waals surface area contributed by atoms with Gasteiger partial charge in [-0.2, -0.15) is 0 Å². The number of ether oxygens (including phenoxy) is 1. The highest BCUT2D eigenvalue weighted by Gasteiger charge is 2.07. The SMILES string of the molecule is COc1cc(C(=O)/C=C/c2sccc2C)ccc1O. The highest BCUT2D eigenvalue weighted by Crippen LogP contribution is 2.26. The standard InChI is InChI=1S/C15H14O3S/c1-10-7-8-19-15(10)6-5-12(16)11-3-4-13(17)14(9-11)18-2/h3-9,17H,1-2H3/b6-5+. The van der Waals surface area contributed by atoms with Gasteiger partial charge in [-0.05, 0) is 54.3 Å². The number of allylic oxidation sites excluding steroid dienone is 1. The average molecular weight is 274 g/mol. The van der Waals surface area contributed by atoms with E-state index < -0.39 is 0 Å². The van der Waals surface area contributed by atoms with Gasteiger partial charge in [0, 0.05) is 10.4 Å². The second kappa shape index (κ2) is 5.71. The lowest BCUT2D eigenvalue weighted by Crippen LogP contribution is -1.95. The van der Waals surface area contributed by atoms with Crippen molar-refractivity contribution in [2.24, 2.45) is 0 Å². The summed E-state index contributed by atoms with van der Waals surface area (Å²) in [5.41, 5.74) is 1.64. The van der Waals surface area contributed by atoms with Crippen LogP contribution in [0, 0.1) is 6.92 Å². The third kappa shape index (κ3) is 3.03. The lowest BCUT2D eigenvalue weighted by Gasteiger charge is -2.04. The number of benzene rings is 1. The molecule has 1 aromatic carbocycles. The summed E-state index contributed by atoms with van der Waals surface area (Å²) in [6.45, 7) is 2.00. The molecule has 0 atom stereocenters. The molecule has 1 aromatic heterocycles. The molecule has 98 valence electrons. The van der Waals surface area contributed by atoms with Crippen molar-refractivity contribution in [3.05, 3.63) is 51.7 Å². The maximum atomic E-state index is 12.0. The maximum Gasteiger partial charge on any atom is 0.186 e. The van der Waals surface area contributed by atoms with E-state index in [2.05, 4.69) is 0 Å². The highest BCUT2D eigenvalue weighted by molar-refractivity contribution is 7.11. The Bertz CT molecular complexity index is 626. The number of thiophene rings is 1. The second-order valence-corrected chi connectivity index (χ2v) is 5.00. The van der Waals surface area contributed by atoms with Crippen molar-refractivity contribution >= 4 is 23.2 Å². The van der Waals surface area contributed by atoms with Gasteiger partial charge in [0.15, 0.2) is 17.3 Å². The van der Waals surface area contributed by atoms with Crippen molar-refractivity contribution in [2.75, 3.05) is 7.11 Å². The molecule has 2 rings (SSSR count). The molecule has 4 heteroatoms. The molecule has 0 amide bonds. The summed E-state index contributed by atoms with van der Waals surface area (Å²) >= 11 is 1.59. The summed E-state index contributed by atoms with van der Waals surface area (Å²) in [7, 11) is 1.45. The van der Waals surface area contributed by atoms with Gasteiger partial charge in [-0.25, -0.2) is 0 Å². The molecule has 0 bridgehead atoms. The molecule has 0 saturated heterocycles. The van der Waals surface area contributed by atoms with E-state index in [4.69, 9.17) is 4.74 Å². The Labute approximate surface area is 115 Å². The number of phenols is 1. The van der Waals surface area contributed by atoms with E-state index in [1.165, 1.54) is 25.3 Å². The summed E-state index contributed by atoms with van der Waals surface area (Å²) in [6.07, 6.45) is 3.34. The van der Waals surface area contributed by atoms with E-state index >= 15 is 0 Å². The minimum absolute atomic E-state index is 0.0251. The minimum Gasteiger partial charge on any atom is -0.504 e. The van der Waals surface area contributed by atoms with E-state index in [-0.39, 0.29) is 11.5 Å². The first-order valence-electron chi connectivity index (χ1n) is 5.75. The van der Waals surface area contributed by atoms with Gasteiger partial charge in [-0.3, -0.25) is 4.79 Å². The van der Waals surface area contributed by atoms with Crippen molar-refractivity contribution in [1.82, 2.24) is 0 Å². The van der Waals surface area contributed by atoms with Gasteiger partial charge in [-0.15, -0.1) is 11.3 Å². The van der Waals surface area contributed by atoms with Gasteiger partial charge in [-0.1, -0.05) is 0 Å². The molecule has 0 aliphatic carbocycles. The highest BCUT2D eigenvalue weighted by atomic mass is 32.1. The molecular formula is C15H14O3S. The normalized spacial score (nSPS) is 10.8. The Morgan fingerprint density at radius 2 is 2.16 bits per heavy atom. The first-order valence-corrected chi connectivity index (χ1v) is 6.63. The van der Waals surface area contributed by atoms with E-state index in [0.717, 1.165) is 10.4 Å². The molecule has 1 N–H and O–H groups in total. The molecule has 0 fully saturated rings. The molecule has 1 heterocycles. The zero-order valence-corrected chi connectivity index (χ0v) is 11.5. The zero-order valence-electron chi connectivity index (χ0n) is 10.7. The van der Waals surface area contributed by atoms with Crippen LogP contribution in [0.1, 0.15) is 20.8 Å². The number of carbonyl (C=O) groups excluding carboxylic acids is 1. The van der Waals surface area contributed by atoms with Crippen LogP contribution in [-0.4, -0.2) is 18.0 Å². The molecule has 19 heavy (non-hydrogen) atoms. The Hall–Kier alpha value is -2.07. The summed E-state index contributed by atoms with van der Waals surface area (Å²) in [4.78, 5) is 13.1. The number of hydrogen-bond acceptors (Lipinski definition) is 4. The zero-order chi connectivity index (χ0) is 13.8. The van der Waals surface area contributed by atoms with Crippen LogP contribution in [0.5, 0.6) is 11.5 Å².